The Morgan fingerprint density at radius 3 is 2.11 bits per heavy atom. The molecule has 1 aromatic heterocycles. The maximum atomic E-state index is 5.91. The van der Waals surface area contributed by atoms with Crippen molar-refractivity contribution in [2.75, 3.05) is 20.0 Å². The number of nitrogen functional groups attached to an aromatic ring is 1. The molecule has 0 fully saturated rings. The van der Waals surface area contributed by atoms with Gasteiger partial charge in [0.15, 0.2) is 0 Å². The van der Waals surface area contributed by atoms with Crippen molar-refractivity contribution in [3.63, 3.8) is 0 Å². The summed E-state index contributed by atoms with van der Waals surface area (Å²) >= 11 is 0. The van der Waals surface area contributed by atoms with E-state index in [0.29, 0.717) is 23.1 Å². The lowest BCUT2D eigenvalue weighted by Gasteiger charge is -2.15. The Morgan fingerprint density at radius 2 is 1.58 bits per heavy atom. The van der Waals surface area contributed by atoms with Gasteiger partial charge in [-0.3, -0.25) is 0 Å². The van der Waals surface area contributed by atoms with Gasteiger partial charge in [0.25, 0.3) is 0 Å². The lowest BCUT2D eigenvalue weighted by atomic mass is 10.0. The Labute approximate surface area is 112 Å². The van der Waals surface area contributed by atoms with E-state index in [1.807, 2.05) is 25.1 Å². The molecule has 100 valence electrons. The first-order valence-corrected chi connectivity index (χ1v) is 5.90. The molecule has 0 saturated heterocycles. The Morgan fingerprint density at radius 1 is 1.00 bits per heavy atom. The summed E-state index contributed by atoms with van der Waals surface area (Å²) in [6.07, 6.45) is 0. The lowest BCUT2D eigenvalue weighted by molar-refractivity contribution is 0.397. The van der Waals surface area contributed by atoms with Gasteiger partial charge in [-0.15, -0.1) is 0 Å². The molecule has 2 N–H and O–H groups in total. The first-order chi connectivity index (χ1) is 9.08. The topological polar surface area (TPSA) is 70.3 Å². The van der Waals surface area contributed by atoms with E-state index in [4.69, 9.17) is 15.2 Å². The summed E-state index contributed by atoms with van der Waals surface area (Å²) in [5.74, 6) is 2.47. The number of hydrogen-bond acceptors (Lipinski definition) is 5. The molecule has 2 aromatic rings. The van der Waals surface area contributed by atoms with Crippen LogP contribution in [0, 0.1) is 13.8 Å². The van der Waals surface area contributed by atoms with Gasteiger partial charge in [-0.2, -0.15) is 0 Å². The van der Waals surface area contributed by atoms with Crippen LogP contribution in [0.3, 0.4) is 0 Å². The molecule has 0 aliphatic heterocycles. The predicted molar refractivity (Wildman–Crippen MR) is 74.5 cm³/mol. The first-order valence-electron chi connectivity index (χ1n) is 5.90. The number of aryl methyl sites for hydroxylation is 1. The van der Waals surface area contributed by atoms with Gasteiger partial charge in [0.2, 0.25) is 0 Å². The summed E-state index contributed by atoms with van der Waals surface area (Å²) in [6, 6.07) is 5.60. The van der Waals surface area contributed by atoms with Crippen LogP contribution in [0.25, 0.3) is 11.3 Å². The van der Waals surface area contributed by atoms with Crippen molar-refractivity contribution >= 4 is 5.82 Å². The van der Waals surface area contributed by atoms with Gasteiger partial charge in [0.05, 0.1) is 25.5 Å². The zero-order valence-electron chi connectivity index (χ0n) is 11.5. The van der Waals surface area contributed by atoms with E-state index in [9.17, 15) is 0 Å². The summed E-state index contributed by atoms with van der Waals surface area (Å²) in [7, 11) is 3.23. The summed E-state index contributed by atoms with van der Waals surface area (Å²) in [5, 5.41) is 0. The second kappa shape index (κ2) is 5.14. The largest absolute Gasteiger partial charge is 0.496 e. The SMILES string of the molecule is COc1cccc(OC)c1-c1nc(C)nc(N)c1C. The van der Waals surface area contributed by atoms with E-state index in [-0.39, 0.29) is 0 Å². The van der Waals surface area contributed by atoms with Crippen LogP contribution in [0.5, 0.6) is 11.5 Å². The zero-order chi connectivity index (χ0) is 14.0. The van der Waals surface area contributed by atoms with Gasteiger partial charge in [-0.25, -0.2) is 9.97 Å². The molecule has 0 unspecified atom stereocenters. The quantitative estimate of drug-likeness (QED) is 0.916. The van der Waals surface area contributed by atoms with E-state index in [1.54, 1.807) is 21.1 Å². The fourth-order valence-corrected chi connectivity index (χ4v) is 1.98. The van der Waals surface area contributed by atoms with Crippen LogP contribution in [-0.2, 0) is 0 Å². The number of nitrogens with zero attached hydrogens (tertiary/aromatic N) is 2. The van der Waals surface area contributed by atoms with Gasteiger partial charge in [-0.1, -0.05) is 6.07 Å². The number of benzene rings is 1. The second-order valence-electron chi connectivity index (χ2n) is 4.17. The Kier molecular flexibility index (Phi) is 3.55. The van der Waals surface area contributed by atoms with Crippen molar-refractivity contribution in [2.24, 2.45) is 0 Å². The minimum Gasteiger partial charge on any atom is -0.496 e. The normalized spacial score (nSPS) is 10.3. The molecule has 1 heterocycles. The Hall–Kier alpha value is -2.30. The average molecular weight is 259 g/mol. The first kappa shape index (κ1) is 13.1. The van der Waals surface area contributed by atoms with E-state index < -0.39 is 0 Å². The standard InChI is InChI=1S/C14H17N3O2/c1-8-13(16-9(2)17-14(8)15)12-10(18-3)6-5-7-11(12)19-4/h5-7H,1-4H3,(H2,15,16,17). The van der Waals surface area contributed by atoms with Crippen molar-refractivity contribution in [1.29, 1.82) is 0 Å². The molecule has 0 amide bonds. The van der Waals surface area contributed by atoms with Gasteiger partial charge >= 0.3 is 0 Å². The summed E-state index contributed by atoms with van der Waals surface area (Å²) in [6.45, 7) is 3.69. The number of rotatable bonds is 3. The molecule has 2 rings (SSSR count). The van der Waals surface area contributed by atoms with Crippen LogP contribution < -0.4 is 15.2 Å². The Balaban J connectivity index is 2.77. The second-order valence-corrected chi connectivity index (χ2v) is 4.17. The summed E-state index contributed by atoms with van der Waals surface area (Å²) < 4.78 is 10.8. The minimum atomic E-state index is 0.468. The highest BCUT2D eigenvalue weighted by molar-refractivity contribution is 5.78. The Bertz CT molecular complexity index is 590. The molecule has 0 radical (unpaired) electrons. The fourth-order valence-electron chi connectivity index (χ4n) is 1.98. The number of methoxy groups -OCH3 is 2. The maximum Gasteiger partial charge on any atom is 0.132 e. The molecule has 0 aliphatic rings. The van der Waals surface area contributed by atoms with Crippen molar-refractivity contribution in [3.8, 4) is 22.8 Å². The third kappa shape index (κ3) is 2.31. The van der Waals surface area contributed by atoms with Gasteiger partial charge in [0, 0.05) is 5.56 Å². The van der Waals surface area contributed by atoms with Crippen molar-refractivity contribution < 1.29 is 9.47 Å². The molecule has 0 bridgehead atoms. The van der Waals surface area contributed by atoms with E-state index in [2.05, 4.69) is 9.97 Å². The maximum absolute atomic E-state index is 5.91. The van der Waals surface area contributed by atoms with Crippen LogP contribution in [0.4, 0.5) is 5.82 Å². The van der Waals surface area contributed by atoms with E-state index in [1.165, 1.54) is 0 Å². The minimum absolute atomic E-state index is 0.468. The number of aromatic nitrogens is 2. The molecular formula is C14H17N3O2. The smallest absolute Gasteiger partial charge is 0.132 e. The highest BCUT2D eigenvalue weighted by Crippen LogP contribution is 2.39. The summed E-state index contributed by atoms with van der Waals surface area (Å²) in [4.78, 5) is 8.63. The highest BCUT2D eigenvalue weighted by atomic mass is 16.5. The van der Waals surface area contributed by atoms with Crippen molar-refractivity contribution in [2.45, 2.75) is 13.8 Å². The van der Waals surface area contributed by atoms with Crippen LogP contribution in [0.1, 0.15) is 11.4 Å². The molecular weight excluding hydrogens is 242 g/mol. The number of ether oxygens (including phenoxy) is 2. The molecule has 5 heteroatoms. The van der Waals surface area contributed by atoms with Crippen LogP contribution in [-0.4, -0.2) is 24.2 Å². The number of anilines is 1. The van der Waals surface area contributed by atoms with Gasteiger partial charge in [0.1, 0.15) is 23.1 Å². The molecule has 19 heavy (non-hydrogen) atoms. The monoisotopic (exact) mass is 259 g/mol. The molecule has 0 atom stereocenters. The van der Waals surface area contributed by atoms with Crippen LogP contribution in [0.15, 0.2) is 18.2 Å². The van der Waals surface area contributed by atoms with Crippen LogP contribution in [0.2, 0.25) is 0 Å². The zero-order valence-corrected chi connectivity index (χ0v) is 11.5. The van der Waals surface area contributed by atoms with Gasteiger partial charge < -0.3 is 15.2 Å². The predicted octanol–water partition coefficient (Wildman–Crippen LogP) is 2.36. The molecule has 0 saturated carbocycles. The fraction of sp³-hybridized carbons (Fsp3) is 0.286. The third-order valence-electron chi connectivity index (χ3n) is 2.96. The third-order valence-corrected chi connectivity index (χ3v) is 2.96. The highest BCUT2D eigenvalue weighted by Gasteiger charge is 2.18. The average Bonchev–Trinajstić information content (AvgIpc) is 2.41. The van der Waals surface area contributed by atoms with Crippen molar-refractivity contribution in [3.05, 3.63) is 29.6 Å². The number of nitrogens with two attached hydrogens (primary N) is 1. The van der Waals surface area contributed by atoms with Crippen molar-refractivity contribution in [1.82, 2.24) is 9.97 Å². The molecule has 0 aliphatic carbocycles. The molecule has 5 nitrogen and oxygen atoms in total. The molecule has 1 aromatic carbocycles. The summed E-state index contributed by atoms with van der Waals surface area (Å²) in [5.41, 5.74) is 8.25. The lowest BCUT2D eigenvalue weighted by Crippen LogP contribution is -2.04. The molecule has 0 spiro atoms. The van der Waals surface area contributed by atoms with Gasteiger partial charge in [-0.05, 0) is 26.0 Å². The number of hydrogen-bond donors (Lipinski definition) is 1. The van der Waals surface area contributed by atoms with E-state index in [0.717, 1.165) is 16.8 Å². The van der Waals surface area contributed by atoms with E-state index >= 15 is 0 Å². The van der Waals surface area contributed by atoms with Crippen LogP contribution >= 0.6 is 0 Å².